The topological polar surface area (TPSA) is 74.0 Å². The van der Waals surface area contributed by atoms with Crippen molar-refractivity contribution in [2.75, 3.05) is 7.11 Å². The molecule has 1 unspecified atom stereocenters. The molecule has 0 aromatic carbocycles. The minimum absolute atomic E-state index is 0.0458. The quantitative estimate of drug-likeness (QED) is 0.288. The molecule has 4 fully saturated rings. The van der Waals surface area contributed by atoms with Crippen LogP contribution in [-0.2, 0) is 23.9 Å². The Morgan fingerprint density at radius 3 is 2.26 bits per heavy atom. The number of hydrogen-bond acceptors (Lipinski definition) is 5. The van der Waals surface area contributed by atoms with Crippen LogP contribution in [0.25, 0.3) is 4.85 Å². The predicted octanol–water partition coefficient (Wildman–Crippen LogP) is 6.54. The van der Waals surface area contributed by atoms with E-state index in [2.05, 4.69) is 39.5 Å². The van der Waals surface area contributed by atoms with Crippen molar-refractivity contribution in [3.63, 3.8) is 0 Å². The van der Waals surface area contributed by atoms with Gasteiger partial charge >= 0.3 is 11.9 Å². The largest absolute Gasteiger partial charge is 0.469 e. The summed E-state index contributed by atoms with van der Waals surface area (Å²) < 4.78 is 11.9. The first kappa shape index (κ1) is 27.4. The van der Waals surface area contributed by atoms with Crippen molar-refractivity contribution in [1.29, 1.82) is 0 Å². The Morgan fingerprint density at radius 2 is 1.63 bits per heavy atom. The van der Waals surface area contributed by atoms with Crippen LogP contribution in [-0.4, -0.2) is 30.9 Å². The zero-order chi connectivity index (χ0) is 28.1. The molecule has 1 aliphatic heterocycles. The van der Waals surface area contributed by atoms with E-state index >= 15 is 0 Å². The van der Waals surface area contributed by atoms with Crippen molar-refractivity contribution >= 4 is 17.7 Å². The fourth-order valence-electron chi connectivity index (χ4n) is 10.4. The maximum atomic E-state index is 13.8. The standard InChI is InChI=1S/C32H45NO5/c1-27(2)12-14-32(26(36)37-9)15-13-31(7)25(19(32)17-27)38-23(34)16-22-29(5)18-20(33-8)24(35)28(3,4)21(29)10-11-30(22,31)6/h18-19,21-22,25H,10-17H2,1-7,9H3/t19-,21-,22+,25?,29-,30+,31+,32-/m0/s1. The summed E-state index contributed by atoms with van der Waals surface area (Å²) in [5, 5.41) is 0. The molecule has 8 atom stereocenters. The molecule has 0 aromatic heterocycles. The molecule has 5 aliphatic rings. The zero-order valence-electron chi connectivity index (χ0n) is 24.5. The molecular weight excluding hydrogens is 478 g/mol. The molecular formula is C32H45NO5. The van der Waals surface area contributed by atoms with Crippen molar-refractivity contribution in [2.24, 2.45) is 50.2 Å². The van der Waals surface area contributed by atoms with Crippen LogP contribution in [0.15, 0.2) is 11.8 Å². The van der Waals surface area contributed by atoms with E-state index in [0.29, 0.717) is 0 Å². The van der Waals surface area contributed by atoms with Gasteiger partial charge in [-0.05, 0) is 73.0 Å². The Bertz CT molecular complexity index is 1160. The highest BCUT2D eigenvalue weighted by Crippen LogP contribution is 2.73. The lowest BCUT2D eigenvalue weighted by Crippen LogP contribution is -2.66. The molecule has 5 rings (SSSR count). The first-order chi connectivity index (χ1) is 17.5. The molecule has 0 radical (unpaired) electrons. The second-order valence-corrected chi connectivity index (χ2v) is 15.3. The molecule has 4 aliphatic carbocycles. The zero-order valence-corrected chi connectivity index (χ0v) is 24.5. The smallest absolute Gasteiger partial charge is 0.312 e. The van der Waals surface area contributed by atoms with Crippen molar-refractivity contribution in [2.45, 2.75) is 106 Å². The van der Waals surface area contributed by atoms with Gasteiger partial charge in [-0.1, -0.05) is 54.5 Å². The van der Waals surface area contributed by atoms with Crippen molar-refractivity contribution in [3.05, 3.63) is 23.2 Å². The lowest BCUT2D eigenvalue weighted by Gasteiger charge is -2.67. The summed E-state index contributed by atoms with van der Waals surface area (Å²) in [6.45, 7) is 23.1. The molecule has 1 heterocycles. The average molecular weight is 524 g/mol. The van der Waals surface area contributed by atoms with Gasteiger partial charge in [0.2, 0.25) is 5.70 Å². The minimum Gasteiger partial charge on any atom is -0.469 e. The highest BCUT2D eigenvalue weighted by Gasteiger charge is 2.72. The molecule has 38 heavy (non-hydrogen) atoms. The summed E-state index contributed by atoms with van der Waals surface area (Å²) in [5.74, 6) is -0.568. The third kappa shape index (κ3) is 3.32. The molecule has 0 aromatic rings. The van der Waals surface area contributed by atoms with Crippen LogP contribution in [0, 0.1) is 56.8 Å². The number of ether oxygens (including phenoxy) is 2. The SMILES string of the molecule is [C-]#[N+]C1=C[C@]2(C)[C@H]3CC(=O)OC4[C@@H]5CC(C)(C)CC[C@]5(C(=O)OC)CC[C@@]4(C)[C@]3(C)CC[C@H]2C(C)(C)C1=O. The summed E-state index contributed by atoms with van der Waals surface area (Å²) in [6.07, 6.45) is 7.61. The minimum atomic E-state index is -0.665. The fraction of sp³-hybridized carbons (Fsp3) is 0.812. The van der Waals surface area contributed by atoms with E-state index in [-0.39, 0.29) is 69.9 Å². The van der Waals surface area contributed by atoms with Gasteiger partial charge in [-0.25, -0.2) is 4.85 Å². The van der Waals surface area contributed by atoms with Crippen LogP contribution in [0.5, 0.6) is 0 Å². The molecule has 0 N–H and O–H groups in total. The fourth-order valence-corrected chi connectivity index (χ4v) is 10.4. The summed E-state index contributed by atoms with van der Waals surface area (Å²) in [5.41, 5.74) is -2.12. The Labute approximate surface area is 228 Å². The highest BCUT2D eigenvalue weighted by molar-refractivity contribution is 6.02. The molecule has 1 saturated heterocycles. The van der Waals surface area contributed by atoms with Gasteiger partial charge in [0, 0.05) is 23.2 Å². The van der Waals surface area contributed by atoms with Gasteiger partial charge in [0.1, 0.15) is 6.10 Å². The monoisotopic (exact) mass is 523 g/mol. The highest BCUT2D eigenvalue weighted by atomic mass is 16.5. The number of nitrogens with zero attached hydrogens (tertiary/aromatic N) is 1. The average Bonchev–Trinajstić information content (AvgIpc) is 2.93. The van der Waals surface area contributed by atoms with Crippen LogP contribution >= 0.6 is 0 Å². The van der Waals surface area contributed by atoms with Gasteiger partial charge < -0.3 is 14.3 Å². The Kier molecular flexibility index (Phi) is 5.90. The van der Waals surface area contributed by atoms with Gasteiger partial charge in [0.15, 0.2) is 5.78 Å². The third-order valence-electron chi connectivity index (χ3n) is 12.8. The number of Topliss-reactive ketones (excluding diaryl/α,β-unsaturated/α-hetero) is 1. The van der Waals surface area contributed by atoms with E-state index < -0.39 is 16.2 Å². The van der Waals surface area contributed by atoms with Crippen LogP contribution in [0.1, 0.15) is 99.8 Å². The number of hydrogen-bond donors (Lipinski definition) is 0. The Hall–Kier alpha value is -2.16. The molecule has 0 spiro atoms. The van der Waals surface area contributed by atoms with Gasteiger partial charge in [0.25, 0.3) is 0 Å². The molecule has 6 nitrogen and oxygen atoms in total. The first-order valence-corrected chi connectivity index (χ1v) is 14.5. The summed E-state index contributed by atoms with van der Waals surface area (Å²) in [6, 6.07) is 0. The molecule has 3 saturated carbocycles. The molecule has 0 bridgehead atoms. The van der Waals surface area contributed by atoms with E-state index in [0.717, 1.165) is 44.9 Å². The van der Waals surface area contributed by atoms with E-state index in [4.69, 9.17) is 16.0 Å². The summed E-state index contributed by atoms with van der Waals surface area (Å²) >= 11 is 0. The Balaban J connectivity index is 1.67. The van der Waals surface area contributed by atoms with Crippen LogP contribution in [0.2, 0.25) is 0 Å². The lowest BCUT2D eigenvalue weighted by molar-refractivity contribution is -0.224. The number of ketones is 1. The second kappa shape index (κ2) is 8.18. The van der Waals surface area contributed by atoms with Crippen molar-refractivity contribution < 1.29 is 23.9 Å². The van der Waals surface area contributed by atoms with E-state index in [9.17, 15) is 14.4 Å². The summed E-state index contributed by atoms with van der Waals surface area (Å²) in [7, 11) is 1.48. The first-order valence-electron chi connectivity index (χ1n) is 14.5. The normalized spacial score (nSPS) is 47.0. The number of rotatable bonds is 1. The maximum absolute atomic E-state index is 13.8. The number of esters is 2. The number of methoxy groups -OCH3 is 1. The summed E-state index contributed by atoms with van der Waals surface area (Å²) in [4.78, 5) is 44.1. The third-order valence-corrected chi connectivity index (χ3v) is 12.8. The van der Waals surface area contributed by atoms with Gasteiger partial charge in [0.05, 0.1) is 19.1 Å². The maximum Gasteiger partial charge on any atom is 0.312 e. The van der Waals surface area contributed by atoms with Crippen LogP contribution in [0.3, 0.4) is 0 Å². The van der Waals surface area contributed by atoms with Gasteiger partial charge in [-0.2, -0.15) is 0 Å². The van der Waals surface area contributed by atoms with E-state index in [1.165, 1.54) is 7.11 Å². The lowest BCUT2D eigenvalue weighted by atomic mass is 9.36. The Morgan fingerprint density at radius 1 is 0.974 bits per heavy atom. The number of carbonyl (C=O) groups excluding carboxylic acids is 3. The second-order valence-electron chi connectivity index (χ2n) is 15.3. The molecule has 0 amide bonds. The van der Waals surface area contributed by atoms with E-state index in [1.807, 2.05) is 19.9 Å². The molecule has 208 valence electrons. The van der Waals surface area contributed by atoms with Crippen molar-refractivity contribution in [1.82, 2.24) is 0 Å². The number of fused-ring (bicyclic) bond motifs is 7. The van der Waals surface area contributed by atoms with Crippen LogP contribution < -0.4 is 0 Å². The van der Waals surface area contributed by atoms with E-state index in [1.54, 1.807) is 0 Å². The van der Waals surface area contributed by atoms with Gasteiger partial charge in [-0.15, -0.1) is 0 Å². The van der Waals surface area contributed by atoms with Crippen LogP contribution in [0.4, 0.5) is 0 Å². The number of allylic oxidation sites excluding steroid dienone is 2. The van der Waals surface area contributed by atoms with Gasteiger partial charge in [-0.3, -0.25) is 9.59 Å². The number of carbonyl (C=O) groups is 3. The molecule has 6 heteroatoms. The predicted molar refractivity (Wildman–Crippen MR) is 143 cm³/mol. The van der Waals surface area contributed by atoms with Crippen molar-refractivity contribution in [3.8, 4) is 0 Å².